The predicted octanol–water partition coefficient (Wildman–Crippen LogP) is 1.67. The molecular formula is C18H23N3O2. The summed E-state index contributed by atoms with van der Waals surface area (Å²) in [5.74, 6) is 0.826. The highest BCUT2D eigenvalue weighted by Crippen LogP contribution is 2.16. The lowest BCUT2D eigenvalue weighted by atomic mass is 10.1. The molecule has 0 spiro atoms. The van der Waals surface area contributed by atoms with Crippen molar-refractivity contribution in [3.63, 3.8) is 0 Å². The Hall–Kier alpha value is -2.27. The summed E-state index contributed by atoms with van der Waals surface area (Å²) >= 11 is 0. The van der Waals surface area contributed by atoms with Crippen molar-refractivity contribution in [3.8, 4) is 5.75 Å². The normalized spacial score (nSPS) is 17.6. The van der Waals surface area contributed by atoms with Gasteiger partial charge in [0.05, 0.1) is 13.5 Å². The van der Waals surface area contributed by atoms with Crippen LogP contribution in [-0.4, -0.2) is 42.1 Å². The summed E-state index contributed by atoms with van der Waals surface area (Å²) in [4.78, 5) is 14.5. The van der Waals surface area contributed by atoms with Crippen LogP contribution in [0.25, 0.3) is 0 Å². The monoisotopic (exact) mass is 313 g/mol. The molecule has 5 heteroatoms. The van der Waals surface area contributed by atoms with Crippen molar-refractivity contribution in [2.45, 2.75) is 25.6 Å². The van der Waals surface area contributed by atoms with E-state index >= 15 is 0 Å². The fourth-order valence-electron chi connectivity index (χ4n) is 3.00. The zero-order valence-corrected chi connectivity index (χ0v) is 13.7. The third kappa shape index (κ3) is 3.74. The van der Waals surface area contributed by atoms with E-state index in [1.165, 1.54) is 5.69 Å². The van der Waals surface area contributed by atoms with Crippen molar-refractivity contribution in [1.82, 2.24) is 14.8 Å². The van der Waals surface area contributed by atoms with Crippen LogP contribution in [0.2, 0.25) is 0 Å². The summed E-state index contributed by atoms with van der Waals surface area (Å²) < 4.78 is 7.45. The molecule has 2 heterocycles. The molecule has 5 nitrogen and oxygen atoms in total. The summed E-state index contributed by atoms with van der Waals surface area (Å²) in [7, 11) is 3.74. The largest absolute Gasteiger partial charge is 0.497 e. The average Bonchev–Trinajstić information content (AvgIpc) is 2.99. The number of ether oxygens (including phenoxy) is 1. The van der Waals surface area contributed by atoms with Gasteiger partial charge in [0, 0.05) is 37.6 Å². The molecular weight excluding hydrogens is 290 g/mol. The second-order valence-corrected chi connectivity index (χ2v) is 6.05. The van der Waals surface area contributed by atoms with Gasteiger partial charge in [-0.1, -0.05) is 12.1 Å². The Morgan fingerprint density at radius 2 is 2.22 bits per heavy atom. The molecule has 0 saturated heterocycles. The standard InChI is InChI=1S/C18H23N3O2/c1-20-12-15-6-4-8-21(15)13-16(20)11-19-18(22)10-14-5-3-7-17(9-14)23-2/h3-9,16H,10-13H2,1-2H3,(H,19,22). The van der Waals surface area contributed by atoms with Gasteiger partial charge in [0.2, 0.25) is 5.91 Å². The van der Waals surface area contributed by atoms with Crippen molar-refractivity contribution in [2.75, 3.05) is 20.7 Å². The molecule has 1 amide bonds. The predicted molar refractivity (Wildman–Crippen MR) is 89.4 cm³/mol. The second-order valence-electron chi connectivity index (χ2n) is 6.05. The molecule has 2 aromatic rings. The van der Waals surface area contributed by atoms with E-state index in [1.807, 2.05) is 24.3 Å². The first-order valence-corrected chi connectivity index (χ1v) is 7.89. The SMILES string of the molecule is COc1cccc(CC(=O)NCC2Cn3cccc3CN2C)c1. The minimum absolute atomic E-state index is 0.0463. The van der Waals surface area contributed by atoms with Crippen LogP contribution >= 0.6 is 0 Å². The first-order valence-electron chi connectivity index (χ1n) is 7.89. The minimum atomic E-state index is 0.0463. The maximum absolute atomic E-state index is 12.2. The molecule has 1 unspecified atom stereocenters. The number of fused-ring (bicyclic) bond motifs is 1. The molecule has 1 N–H and O–H groups in total. The number of nitrogens with one attached hydrogen (secondary N) is 1. The number of hydrogen-bond donors (Lipinski definition) is 1. The van der Waals surface area contributed by atoms with Gasteiger partial charge >= 0.3 is 0 Å². The smallest absolute Gasteiger partial charge is 0.224 e. The van der Waals surface area contributed by atoms with Gasteiger partial charge in [-0.25, -0.2) is 0 Å². The van der Waals surface area contributed by atoms with Crippen LogP contribution in [0.15, 0.2) is 42.6 Å². The molecule has 3 rings (SSSR count). The number of rotatable bonds is 5. The number of nitrogens with zero attached hydrogens (tertiary/aromatic N) is 2. The van der Waals surface area contributed by atoms with Gasteiger partial charge in [-0.3, -0.25) is 9.69 Å². The van der Waals surface area contributed by atoms with Gasteiger partial charge in [0.1, 0.15) is 5.75 Å². The Morgan fingerprint density at radius 1 is 1.35 bits per heavy atom. The highest BCUT2D eigenvalue weighted by atomic mass is 16.5. The minimum Gasteiger partial charge on any atom is -0.497 e. The van der Waals surface area contributed by atoms with Crippen LogP contribution in [-0.2, 0) is 24.3 Å². The molecule has 122 valence electrons. The maximum atomic E-state index is 12.2. The van der Waals surface area contributed by atoms with Crippen LogP contribution in [0.4, 0.5) is 0 Å². The summed E-state index contributed by atoms with van der Waals surface area (Å²) in [6.45, 7) is 2.50. The highest BCUT2D eigenvalue weighted by Gasteiger charge is 2.22. The van der Waals surface area contributed by atoms with Crippen LogP contribution in [0.3, 0.4) is 0 Å². The summed E-state index contributed by atoms with van der Waals surface area (Å²) in [6.07, 6.45) is 2.48. The lowest BCUT2D eigenvalue weighted by Crippen LogP contribution is -2.47. The number of benzene rings is 1. The second kappa shape index (κ2) is 6.87. The number of aromatic nitrogens is 1. The lowest BCUT2D eigenvalue weighted by molar-refractivity contribution is -0.120. The van der Waals surface area contributed by atoms with Gasteiger partial charge in [-0.05, 0) is 36.9 Å². The molecule has 0 aliphatic carbocycles. The molecule has 1 aliphatic rings. The van der Waals surface area contributed by atoms with Crippen molar-refractivity contribution in [3.05, 3.63) is 53.9 Å². The fourth-order valence-corrected chi connectivity index (χ4v) is 3.00. The van der Waals surface area contributed by atoms with E-state index in [-0.39, 0.29) is 5.91 Å². The topological polar surface area (TPSA) is 46.5 Å². The Labute approximate surface area is 136 Å². The van der Waals surface area contributed by atoms with E-state index in [2.05, 4.69) is 40.2 Å². The van der Waals surface area contributed by atoms with E-state index in [9.17, 15) is 4.79 Å². The van der Waals surface area contributed by atoms with Gasteiger partial charge < -0.3 is 14.6 Å². The number of hydrogen-bond acceptors (Lipinski definition) is 3. The van der Waals surface area contributed by atoms with Gasteiger partial charge in [-0.15, -0.1) is 0 Å². The third-order valence-electron chi connectivity index (χ3n) is 4.40. The Kier molecular flexibility index (Phi) is 4.67. The lowest BCUT2D eigenvalue weighted by Gasteiger charge is -2.34. The summed E-state index contributed by atoms with van der Waals surface area (Å²) in [5, 5.41) is 3.06. The first kappa shape index (κ1) is 15.6. The van der Waals surface area contributed by atoms with Gasteiger partial charge in [0.25, 0.3) is 0 Å². The van der Waals surface area contributed by atoms with Gasteiger partial charge in [-0.2, -0.15) is 0 Å². The van der Waals surface area contributed by atoms with Crippen LogP contribution in [0.5, 0.6) is 5.75 Å². The van der Waals surface area contributed by atoms with Crippen LogP contribution in [0, 0.1) is 0 Å². The van der Waals surface area contributed by atoms with Crippen molar-refractivity contribution >= 4 is 5.91 Å². The Bertz CT molecular complexity index is 680. The molecule has 1 aromatic heterocycles. The van der Waals surface area contributed by atoms with Crippen molar-refractivity contribution in [2.24, 2.45) is 0 Å². The van der Waals surface area contributed by atoms with Gasteiger partial charge in [0.15, 0.2) is 0 Å². The number of amides is 1. The fraction of sp³-hybridized carbons (Fsp3) is 0.389. The zero-order valence-electron chi connectivity index (χ0n) is 13.7. The third-order valence-corrected chi connectivity index (χ3v) is 4.40. The number of carbonyl (C=O) groups excluding carboxylic acids is 1. The van der Waals surface area contributed by atoms with Crippen molar-refractivity contribution in [1.29, 1.82) is 0 Å². The molecule has 0 bridgehead atoms. The molecule has 1 atom stereocenters. The quantitative estimate of drug-likeness (QED) is 0.913. The van der Waals surface area contributed by atoms with E-state index in [4.69, 9.17) is 4.74 Å². The summed E-state index contributed by atoms with van der Waals surface area (Å²) in [5.41, 5.74) is 2.29. The molecule has 1 aromatic carbocycles. The van der Waals surface area contributed by atoms with E-state index in [1.54, 1.807) is 7.11 Å². The molecule has 23 heavy (non-hydrogen) atoms. The Morgan fingerprint density at radius 3 is 3.04 bits per heavy atom. The molecule has 0 saturated carbocycles. The maximum Gasteiger partial charge on any atom is 0.224 e. The summed E-state index contributed by atoms with van der Waals surface area (Å²) in [6, 6.07) is 12.2. The first-order chi connectivity index (χ1) is 11.2. The van der Waals surface area contributed by atoms with Crippen molar-refractivity contribution < 1.29 is 9.53 Å². The number of methoxy groups -OCH3 is 1. The van der Waals surface area contributed by atoms with Crippen LogP contribution < -0.4 is 10.1 Å². The molecule has 0 fully saturated rings. The Balaban J connectivity index is 1.53. The number of likely N-dealkylation sites (N-methyl/N-ethyl adjacent to an activating group) is 1. The van der Waals surface area contributed by atoms with E-state index < -0.39 is 0 Å². The average molecular weight is 313 g/mol. The van der Waals surface area contributed by atoms with Crippen LogP contribution in [0.1, 0.15) is 11.3 Å². The molecule has 0 radical (unpaired) electrons. The highest BCUT2D eigenvalue weighted by molar-refractivity contribution is 5.78. The number of carbonyl (C=O) groups is 1. The zero-order chi connectivity index (χ0) is 16.2. The van der Waals surface area contributed by atoms with E-state index in [0.717, 1.165) is 24.4 Å². The molecule has 1 aliphatic heterocycles. The van der Waals surface area contributed by atoms with E-state index in [0.29, 0.717) is 19.0 Å².